The molecule has 3 heterocycles. The summed E-state index contributed by atoms with van der Waals surface area (Å²) in [6, 6.07) is 2.26. The van der Waals surface area contributed by atoms with Crippen LogP contribution in [0.4, 0.5) is 0 Å². The van der Waals surface area contributed by atoms with Gasteiger partial charge in [0.2, 0.25) is 0 Å². The Bertz CT molecular complexity index is 424. The number of hydrogen-bond donors (Lipinski definition) is 0. The van der Waals surface area contributed by atoms with Crippen LogP contribution in [0.25, 0.3) is 0 Å². The molecule has 2 bridgehead atoms. The predicted octanol–water partition coefficient (Wildman–Crippen LogP) is 2.76. The van der Waals surface area contributed by atoms with E-state index in [1.807, 2.05) is 6.08 Å². The molecule has 0 aromatic heterocycles. The lowest BCUT2D eigenvalue weighted by molar-refractivity contribution is -0.483. The molecule has 0 aliphatic carbocycles. The number of unbranched alkanes of at least 4 members (excludes halogenated alkanes) is 2. The van der Waals surface area contributed by atoms with Crippen LogP contribution in [-0.4, -0.2) is 25.3 Å². The molecule has 0 aromatic carbocycles. The minimum atomic E-state index is -1.04. The van der Waals surface area contributed by atoms with Crippen LogP contribution in [0.15, 0.2) is 12.7 Å². The highest BCUT2D eigenvalue weighted by molar-refractivity contribution is 5.06. The topological polar surface area (TPSA) is 51.5 Å². The van der Waals surface area contributed by atoms with Crippen LogP contribution in [0, 0.1) is 29.1 Å². The molecule has 1 unspecified atom stereocenters. The van der Waals surface area contributed by atoms with Gasteiger partial charge in [0.05, 0.1) is 24.7 Å². The van der Waals surface area contributed by atoms with Crippen LogP contribution in [-0.2, 0) is 14.2 Å². The van der Waals surface area contributed by atoms with E-state index in [0.717, 1.165) is 32.1 Å². The average molecular weight is 275 g/mol. The van der Waals surface area contributed by atoms with E-state index >= 15 is 0 Å². The van der Waals surface area contributed by atoms with Gasteiger partial charge in [0.1, 0.15) is 0 Å². The summed E-state index contributed by atoms with van der Waals surface area (Å²) in [7, 11) is 0. The maximum absolute atomic E-state index is 9.36. The van der Waals surface area contributed by atoms with Gasteiger partial charge in [-0.25, -0.2) is 0 Å². The molecular weight excluding hydrogens is 254 g/mol. The predicted molar refractivity (Wildman–Crippen MR) is 74.3 cm³/mol. The third kappa shape index (κ3) is 2.88. The van der Waals surface area contributed by atoms with E-state index in [-0.39, 0.29) is 5.41 Å². The van der Waals surface area contributed by atoms with Gasteiger partial charge in [-0.15, -0.1) is 18.9 Å². The molecule has 3 rings (SSSR count). The summed E-state index contributed by atoms with van der Waals surface area (Å²) in [5.74, 6) is 1.57. The molecule has 4 heteroatoms. The largest absolute Gasteiger partial charge is 0.327 e. The zero-order valence-electron chi connectivity index (χ0n) is 11.8. The molecule has 3 fully saturated rings. The second-order valence-electron chi connectivity index (χ2n) is 5.49. The zero-order chi connectivity index (χ0) is 14.5. The molecule has 3 aliphatic heterocycles. The van der Waals surface area contributed by atoms with Crippen molar-refractivity contribution in [3.05, 3.63) is 12.7 Å². The molecule has 0 aromatic rings. The number of rotatable bonds is 7. The van der Waals surface area contributed by atoms with Crippen LogP contribution in [0.1, 0.15) is 38.5 Å². The van der Waals surface area contributed by atoms with Gasteiger partial charge in [0.25, 0.3) is 5.97 Å². The summed E-state index contributed by atoms with van der Waals surface area (Å²) in [6.07, 6.45) is 11.3. The van der Waals surface area contributed by atoms with Gasteiger partial charge in [-0.05, 0) is 25.7 Å². The van der Waals surface area contributed by atoms with E-state index in [9.17, 15) is 5.26 Å². The van der Waals surface area contributed by atoms with Crippen molar-refractivity contribution in [3.63, 3.8) is 0 Å². The fourth-order valence-corrected chi connectivity index (χ4v) is 2.71. The monoisotopic (exact) mass is 275 g/mol. The highest BCUT2D eigenvalue weighted by atomic mass is 16.9. The minimum Gasteiger partial charge on any atom is -0.327 e. The number of hydrogen-bond acceptors (Lipinski definition) is 4. The van der Waals surface area contributed by atoms with Gasteiger partial charge >= 0.3 is 0 Å². The number of terminal acetylenes is 1. The number of nitriles is 1. The summed E-state index contributed by atoms with van der Waals surface area (Å²) in [4.78, 5) is 0. The molecular formula is C16H21NO3. The highest BCUT2D eigenvalue weighted by Gasteiger charge is 2.57. The van der Waals surface area contributed by atoms with Gasteiger partial charge < -0.3 is 14.2 Å². The number of allylic oxidation sites excluding steroid dienone is 1. The quantitative estimate of drug-likeness (QED) is 0.407. The van der Waals surface area contributed by atoms with E-state index < -0.39 is 12.1 Å². The molecule has 0 amide bonds. The third-order valence-corrected chi connectivity index (χ3v) is 4.03. The normalized spacial score (nSPS) is 35.2. The van der Waals surface area contributed by atoms with Crippen molar-refractivity contribution in [2.75, 3.05) is 13.2 Å². The fourth-order valence-electron chi connectivity index (χ4n) is 2.71. The lowest BCUT2D eigenvalue weighted by atomic mass is 9.77. The smallest absolute Gasteiger partial charge is 0.284 e. The highest BCUT2D eigenvalue weighted by Crippen LogP contribution is 2.47. The number of nitrogens with zero attached hydrogens (tertiary/aromatic N) is 1. The first kappa shape index (κ1) is 15.1. The second-order valence-corrected chi connectivity index (χ2v) is 5.49. The molecule has 108 valence electrons. The molecule has 3 aliphatic rings. The Balaban J connectivity index is 1.97. The first-order valence-electron chi connectivity index (χ1n) is 7.10. The van der Waals surface area contributed by atoms with E-state index in [0.29, 0.717) is 19.6 Å². The van der Waals surface area contributed by atoms with E-state index in [4.69, 9.17) is 20.6 Å². The summed E-state index contributed by atoms with van der Waals surface area (Å²) < 4.78 is 17.4. The molecule has 0 N–H and O–H groups in total. The Kier molecular flexibility index (Phi) is 4.83. The first-order valence-corrected chi connectivity index (χ1v) is 7.10. The first-order chi connectivity index (χ1) is 9.70. The van der Waals surface area contributed by atoms with Gasteiger partial charge in [-0.1, -0.05) is 6.08 Å². The van der Waals surface area contributed by atoms with Crippen LogP contribution in [0.5, 0.6) is 0 Å². The van der Waals surface area contributed by atoms with Gasteiger partial charge in [0.15, 0.2) is 6.10 Å². The third-order valence-electron chi connectivity index (χ3n) is 4.03. The molecule has 0 spiro atoms. The Morgan fingerprint density at radius 2 is 2.05 bits per heavy atom. The molecule has 4 nitrogen and oxygen atoms in total. The van der Waals surface area contributed by atoms with Crippen LogP contribution >= 0.6 is 0 Å². The lowest BCUT2D eigenvalue weighted by Crippen LogP contribution is -2.64. The number of ether oxygens (including phenoxy) is 3. The summed E-state index contributed by atoms with van der Waals surface area (Å²) >= 11 is 0. The van der Waals surface area contributed by atoms with Crippen molar-refractivity contribution in [2.45, 2.75) is 50.6 Å². The van der Waals surface area contributed by atoms with Crippen molar-refractivity contribution >= 4 is 0 Å². The van der Waals surface area contributed by atoms with Crippen molar-refractivity contribution in [1.29, 1.82) is 5.26 Å². The van der Waals surface area contributed by atoms with E-state index in [1.165, 1.54) is 0 Å². The Morgan fingerprint density at radius 1 is 1.30 bits per heavy atom. The van der Waals surface area contributed by atoms with Crippen LogP contribution < -0.4 is 0 Å². The molecule has 0 radical (unpaired) electrons. The number of fused-ring (bicyclic) bond motifs is 3. The van der Waals surface area contributed by atoms with E-state index in [1.54, 1.807) is 0 Å². The second kappa shape index (κ2) is 6.41. The maximum atomic E-state index is 9.36. The van der Waals surface area contributed by atoms with E-state index in [2.05, 4.69) is 18.6 Å². The van der Waals surface area contributed by atoms with Gasteiger partial charge in [0, 0.05) is 12.8 Å². The molecule has 3 saturated heterocycles. The maximum Gasteiger partial charge on any atom is 0.284 e. The molecule has 1 atom stereocenters. The Morgan fingerprint density at radius 3 is 2.65 bits per heavy atom. The lowest BCUT2D eigenvalue weighted by Gasteiger charge is -2.54. The van der Waals surface area contributed by atoms with Crippen LogP contribution in [0.3, 0.4) is 0 Å². The standard InChI is InChI=1S/C16H21NO3/c1-3-5-7-8-10-16-18-12-15(13-19-16,9-6-4-2)14(11-17)20-16/h1,4,14H,2,5-10,12-13H2. The molecule has 0 saturated carbocycles. The van der Waals surface area contributed by atoms with Crippen molar-refractivity contribution in [2.24, 2.45) is 5.41 Å². The Labute approximate surface area is 120 Å². The van der Waals surface area contributed by atoms with Crippen molar-refractivity contribution < 1.29 is 14.2 Å². The fraction of sp³-hybridized carbons (Fsp3) is 0.688. The van der Waals surface area contributed by atoms with Crippen LogP contribution in [0.2, 0.25) is 0 Å². The summed E-state index contributed by atoms with van der Waals surface area (Å²) in [5, 5.41) is 9.36. The average Bonchev–Trinajstić information content (AvgIpc) is 2.51. The molecule has 20 heavy (non-hydrogen) atoms. The summed E-state index contributed by atoms with van der Waals surface area (Å²) in [5.41, 5.74) is -0.358. The Hall–Kier alpha value is -1.33. The summed E-state index contributed by atoms with van der Waals surface area (Å²) in [6.45, 7) is 4.74. The van der Waals surface area contributed by atoms with Crippen molar-refractivity contribution in [3.8, 4) is 18.4 Å². The van der Waals surface area contributed by atoms with Gasteiger partial charge in [-0.2, -0.15) is 5.26 Å². The SMILES string of the molecule is C#CCCCCC12OCC(CCC=C)(CO1)C(C#N)O2. The van der Waals surface area contributed by atoms with Crippen molar-refractivity contribution in [1.82, 2.24) is 0 Å². The minimum absolute atomic E-state index is 0.358. The van der Waals surface area contributed by atoms with Gasteiger partial charge in [-0.3, -0.25) is 0 Å². The zero-order valence-corrected chi connectivity index (χ0v) is 11.8.